The summed E-state index contributed by atoms with van der Waals surface area (Å²) in [6, 6.07) is 4.24. The molecule has 1 aromatic carbocycles. The van der Waals surface area contributed by atoms with E-state index in [-0.39, 0.29) is 0 Å². The number of rotatable bonds is 1. The first kappa shape index (κ1) is 8.71. The average Bonchev–Trinajstić information content (AvgIpc) is 2.93. The summed E-state index contributed by atoms with van der Waals surface area (Å²) in [6.45, 7) is 2.19. The number of hydrogen-bond donors (Lipinski definition) is 1. The second-order valence-corrected chi connectivity index (χ2v) is 5.14. The summed E-state index contributed by atoms with van der Waals surface area (Å²) in [6.07, 6.45) is 2.64. The maximum Gasteiger partial charge on any atom is 0.0927 e. The van der Waals surface area contributed by atoms with Crippen molar-refractivity contribution < 1.29 is 0 Å². The van der Waals surface area contributed by atoms with E-state index in [4.69, 9.17) is 0 Å². The molecule has 1 N–H and O–H groups in total. The Labute approximate surface area is 96.2 Å². The van der Waals surface area contributed by atoms with Crippen LogP contribution in [0.2, 0.25) is 0 Å². The summed E-state index contributed by atoms with van der Waals surface area (Å²) in [4.78, 5) is 0. The highest BCUT2D eigenvalue weighted by Gasteiger charge is 2.28. The van der Waals surface area contributed by atoms with Crippen LogP contribution in [-0.4, -0.2) is 10.2 Å². The highest BCUT2D eigenvalue weighted by Crippen LogP contribution is 2.43. The number of nitrogens with one attached hydrogen (secondary N) is 1. The van der Waals surface area contributed by atoms with Crippen molar-refractivity contribution in [2.24, 2.45) is 0 Å². The highest BCUT2D eigenvalue weighted by atomic mass is 127. The van der Waals surface area contributed by atoms with Crippen molar-refractivity contribution in [2.75, 3.05) is 0 Å². The number of halogens is 1. The molecule has 14 heavy (non-hydrogen) atoms. The van der Waals surface area contributed by atoms with Gasteiger partial charge in [0.15, 0.2) is 0 Å². The van der Waals surface area contributed by atoms with E-state index < -0.39 is 0 Å². The van der Waals surface area contributed by atoms with Gasteiger partial charge in [-0.05, 0) is 60.1 Å². The molecule has 0 atom stereocenters. The monoisotopic (exact) mass is 298 g/mol. The number of H-pyrrole nitrogens is 1. The maximum atomic E-state index is 4.35. The standard InChI is InChI=1S/C11H11IN2/c1-6-8(12)4-5-9-10(6)11(14-13-9)7-2-3-7/h4-5,7H,2-3H2,1H3,(H,13,14). The zero-order valence-electron chi connectivity index (χ0n) is 7.97. The van der Waals surface area contributed by atoms with Crippen LogP contribution in [0.25, 0.3) is 10.9 Å². The van der Waals surface area contributed by atoms with E-state index in [9.17, 15) is 0 Å². The SMILES string of the molecule is Cc1c(I)ccc2n[nH]c(C3CC3)c12. The Kier molecular flexibility index (Phi) is 1.84. The highest BCUT2D eigenvalue weighted by molar-refractivity contribution is 14.1. The molecule has 3 heteroatoms. The molecule has 0 unspecified atom stereocenters. The third-order valence-electron chi connectivity index (χ3n) is 2.93. The van der Waals surface area contributed by atoms with Crippen molar-refractivity contribution in [3.05, 3.63) is 27.0 Å². The molecular weight excluding hydrogens is 287 g/mol. The minimum atomic E-state index is 0.747. The first-order chi connectivity index (χ1) is 6.77. The van der Waals surface area contributed by atoms with Crippen molar-refractivity contribution in [1.29, 1.82) is 0 Å². The largest absolute Gasteiger partial charge is 0.281 e. The summed E-state index contributed by atoms with van der Waals surface area (Å²) in [7, 11) is 0. The van der Waals surface area contributed by atoms with Crippen LogP contribution in [0.4, 0.5) is 0 Å². The molecule has 1 aliphatic rings. The lowest BCUT2D eigenvalue weighted by molar-refractivity contribution is 0.978. The summed E-state index contributed by atoms with van der Waals surface area (Å²) in [5.41, 5.74) is 3.85. The normalized spacial score (nSPS) is 16.4. The van der Waals surface area contributed by atoms with Gasteiger partial charge in [-0.1, -0.05) is 0 Å². The predicted molar refractivity (Wildman–Crippen MR) is 65.5 cm³/mol. The Morgan fingerprint density at radius 1 is 1.43 bits per heavy atom. The van der Waals surface area contributed by atoms with Gasteiger partial charge in [0.05, 0.1) is 5.52 Å². The van der Waals surface area contributed by atoms with Crippen molar-refractivity contribution in [1.82, 2.24) is 10.2 Å². The molecule has 0 spiro atoms. The molecule has 0 aliphatic heterocycles. The van der Waals surface area contributed by atoms with Gasteiger partial charge in [-0.2, -0.15) is 5.10 Å². The van der Waals surface area contributed by atoms with E-state index in [0.29, 0.717) is 0 Å². The number of nitrogens with zero attached hydrogens (tertiary/aromatic N) is 1. The first-order valence-corrected chi connectivity index (χ1v) is 5.98. The Morgan fingerprint density at radius 2 is 2.21 bits per heavy atom. The predicted octanol–water partition coefficient (Wildman–Crippen LogP) is 3.35. The molecule has 0 bridgehead atoms. The first-order valence-electron chi connectivity index (χ1n) is 4.90. The average molecular weight is 298 g/mol. The Bertz CT molecular complexity index is 497. The molecule has 0 radical (unpaired) electrons. The van der Waals surface area contributed by atoms with Crippen LogP contribution in [0.5, 0.6) is 0 Å². The number of benzene rings is 1. The number of fused-ring (bicyclic) bond motifs is 1. The minimum absolute atomic E-state index is 0.747. The van der Waals surface area contributed by atoms with Crippen LogP contribution in [-0.2, 0) is 0 Å². The molecule has 72 valence electrons. The molecule has 2 aromatic rings. The van der Waals surface area contributed by atoms with Gasteiger partial charge in [-0.3, -0.25) is 5.10 Å². The van der Waals surface area contributed by atoms with E-state index in [0.717, 1.165) is 11.4 Å². The third-order valence-corrected chi connectivity index (χ3v) is 4.10. The van der Waals surface area contributed by atoms with E-state index in [1.165, 1.54) is 33.1 Å². The fraction of sp³-hybridized carbons (Fsp3) is 0.364. The molecule has 1 saturated carbocycles. The van der Waals surface area contributed by atoms with E-state index in [1.807, 2.05) is 0 Å². The number of aromatic amines is 1. The molecule has 2 nitrogen and oxygen atoms in total. The van der Waals surface area contributed by atoms with Crippen LogP contribution in [0.1, 0.15) is 30.0 Å². The smallest absolute Gasteiger partial charge is 0.0927 e. The van der Waals surface area contributed by atoms with Crippen molar-refractivity contribution in [3.63, 3.8) is 0 Å². The second kappa shape index (κ2) is 2.95. The van der Waals surface area contributed by atoms with E-state index >= 15 is 0 Å². The molecule has 0 amide bonds. The quantitative estimate of drug-likeness (QED) is 0.804. The molecule has 1 heterocycles. The van der Waals surface area contributed by atoms with Crippen LogP contribution in [0, 0.1) is 10.5 Å². The fourth-order valence-corrected chi connectivity index (χ4v) is 2.40. The van der Waals surface area contributed by atoms with Gasteiger partial charge in [0.2, 0.25) is 0 Å². The number of aryl methyl sites for hydroxylation is 1. The van der Waals surface area contributed by atoms with Crippen LogP contribution in [0.3, 0.4) is 0 Å². The van der Waals surface area contributed by atoms with Crippen LogP contribution in [0.15, 0.2) is 12.1 Å². The molecule has 1 aliphatic carbocycles. The lowest BCUT2D eigenvalue weighted by Gasteiger charge is -2.01. The Balaban J connectivity index is 2.36. The van der Waals surface area contributed by atoms with Crippen molar-refractivity contribution in [2.45, 2.75) is 25.7 Å². The zero-order valence-corrected chi connectivity index (χ0v) is 10.1. The van der Waals surface area contributed by atoms with E-state index in [2.05, 4.69) is 51.8 Å². The summed E-state index contributed by atoms with van der Waals surface area (Å²) >= 11 is 2.39. The van der Waals surface area contributed by atoms with Crippen LogP contribution >= 0.6 is 22.6 Å². The Hall–Kier alpha value is -0.580. The van der Waals surface area contributed by atoms with Gasteiger partial charge in [0, 0.05) is 20.6 Å². The lowest BCUT2D eigenvalue weighted by Crippen LogP contribution is -1.85. The van der Waals surface area contributed by atoms with Gasteiger partial charge in [-0.15, -0.1) is 0 Å². The summed E-state index contributed by atoms with van der Waals surface area (Å²) in [5.74, 6) is 0.747. The topological polar surface area (TPSA) is 28.7 Å². The Morgan fingerprint density at radius 3 is 2.93 bits per heavy atom. The van der Waals surface area contributed by atoms with Gasteiger partial charge >= 0.3 is 0 Å². The van der Waals surface area contributed by atoms with Gasteiger partial charge in [0.25, 0.3) is 0 Å². The number of hydrogen-bond acceptors (Lipinski definition) is 1. The molecule has 0 saturated heterocycles. The maximum absolute atomic E-state index is 4.35. The van der Waals surface area contributed by atoms with Crippen molar-refractivity contribution in [3.8, 4) is 0 Å². The van der Waals surface area contributed by atoms with Gasteiger partial charge < -0.3 is 0 Å². The third kappa shape index (κ3) is 1.18. The summed E-state index contributed by atoms with van der Waals surface area (Å²) in [5, 5.41) is 8.90. The summed E-state index contributed by atoms with van der Waals surface area (Å²) < 4.78 is 1.33. The fourth-order valence-electron chi connectivity index (χ4n) is 1.95. The van der Waals surface area contributed by atoms with Crippen molar-refractivity contribution >= 4 is 33.5 Å². The van der Waals surface area contributed by atoms with E-state index in [1.54, 1.807) is 0 Å². The minimum Gasteiger partial charge on any atom is -0.281 e. The lowest BCUT2D eigenvalue weighted by atomic mass is 10.1. The molecule has 1 fully saturated rings. The second-order valence-electron chi connectivity index (χ2n) is 3.98. The molecular formula is C11H11IN2. The van der Waals surface area contributed by atoms with Gasteiger partial charge in [0.1, 0.15) is 0 Å². The molecule has 3 rings (SSSR count). The molecule has 1 aromatic heterocycles. The van der Waals surface area contributed by atoms with Gasteiger partial charge in [-0.25, -0.2) is 0 Å². The zero-order chi connectivity index (χ0) is 9.71. The van der Waals surface area contributed by atoms with Crippen LogP contribution < -0.4 is 0 Å². The number of aromatic nitrogens is 2.